The molecule has 6 heteroatoms. The third kappa shape index (κ3) is 2.84. The van der Waals surface area contributed by atoms with Crippen molar-refractivity contribution in [1.82, 2.24) is 9.47 Å². The van der Waals surface area contributed by atoms with Crippen LogP contribution >= 0.6 is 22.7 Å². The van der Waals surface area contributed by atoms with Crippen molar-refractivity contribution in [3.8, 4) is 5.00 Å². The first-order chi connectivity index (χ1) is 11.2. The molecule has 0 atom stereocenters. The number of carbonyl (C=O) groups excluding carboxylic acids is 1. The van der Waals surface area contributed by atoms with Crippen LogP contribution in [-0.2, 0) is 0 Å². The molecule has 1 aliphatic rings. The standard InChI is InChI=1S/C17H17N3OS2/c1-12-4-5-14-13(10-12)11-15(23-14)20-8-9-22-17(20)18-16(21)19-6-2-3-7-19/h4-5,8-11H,2-3,6-7H2,1H3/b18-17-. The lowest BCUT2D eigenvalue weighted by atomic mass is 10.2. The number of fused-ring (bicyclic) bond motifs is 1. The summed E-state index contributed by atoms with van der Waals surface area (Å²) in [6, 6.07) is 8.52. The zero-order valence-corrected chi connectivity index (χ0v) is 14.5. The summed E-state index contributed by atoms with van der Waals surface area (Å²) in [5, 5.41) is 4.31. The number of nitrogens with zero attached hydrogens (tertiary/aromatic N) is 3. The van der Waals surface area contributed by atoms with Crippen LogP contribution in [0.15, 0.2) is 40.8 Å². The smallest absolute Gasteiger partial charge is 0.323 e. The Bertz CT molecular complexity index is 929. The molecule has 0 N–H and O–H groups in total. The Labute approximate surface area is 142 Å². The molecule has 4 nitrogen and oxygen atoms in total. The van der Waals surface area contributed by atoms with Crippen molar-refractivity contribution in [1.29, 1.82) is 0 Å². The molecule has 0 unspecified atom stereocenters. The van der Waals surface area contributed by atoms with Gasteiger partial charge in [0.1, 0.15) is 5.00 Å². The number of urea groups is 1. The van der Waals surface area contributed by atoms with Crippen LogP contribution in [0.2, 0.25) is 0 Å². The van der Waals surface area contributed by atoms with Gasteiger partial charge in [-0.05, 0) is 37.3 Å². The van der Waals surface area contributed by atoms with Crippen LogP contribution in [0, 0.1) is 6.92 Å². The molecule has 118 valence electrons. The summed E-state index contributed by atoms with van der Waals surface area (Å²) < 4.78 is 3.26. The maximum Gasteiger partial charge on any atom is 0.346 e. The molecule has 23 heavy (non-hydrogen) atoms. The Morgan fingerprint density at radius 2 is 2.04 bits per heavy atom. The number of thiazole rings is 1. The molecule has 1 saturated heterocycles. The molecular weight excluding hydrogens is 326 g/mol. The van der Waals surface area contributed by atoms with E-state index in [-0.39, 0.29) is 6.03 Å². The van der Waals surface area contributed by atoms with Gasteiger partial charge in [0.25, 0.3) is 0 Å². The number of amides is 2. The van der Waals surface area contributed by atoms with Gasteiger partial charge in [-0.1, -0.05) is 17.7 Å². The van der Waals surface area contributed by atoms with Crippen molar-refractivity contribution in [2.24, 2.45) is 4.99 Å². The first-order valence-electron chi connectivity index (χ1n) is 7.71. The van der Waals surface area contributed by atoms with E-state index in [1.165, 1.54) is 27.0 Å². The van der Waals surface area contributed by atoms with Gasteiger partial charge in [0, 0.05) is 29.4 Å². The molecule has 1 aromatic carbocycles. The first kappa shape index (κ1) is 14.7. The number of hydrogen-bond donors (Lipinski definition) is 0. The predicted molar refractivity (Wildman–Crippen MR) is 95.5 cm³/mol. The quantitative estimate of drug-likeness (QED) is 0.653. The Kier molecular flexibility index (Phi) is 3.79. The summed E-state index contributed by atoms with van der Waals surface area (Å²) >= 11 is 3.22. The van der Waals surface area contributed by atoms with Gasteiger partial charge in [-0.15, -0.1) is 22.7 Å². The van der Waals surface area contributed by atoms with Crippen LogP contribution in [0.3, 0.4) is 0 Å². The molecular formula is C17H17N3OS2. The van der Waals surface area contributed by atoms with E-state index in [0.29, 0.717) is 0 Å². The van der Waals surface area contributed by atoms with Gasteiger partial charge in [-0.25, -0.2) is 4.79 Å². The van der Waals surface area contributed by atoms with E-state index >= 15 is 0 Å². The Morgan fingerprint density at radius 1 is 1.22 bits per heavy atom. The average molecular weight is 343 g/mol. The largest absolute Gasteiger partial charge is 0.346 e. The number of thiophene rings is 1. The minimum Gasteiger partial charge on any atom is -0.323 e. The number of carbonyl (C=O) groups is 1. The molecule has 2 amide bonds. The van der Waals surface area contributed by atoms with E-state index in [2.05, 4.69) is 36.2 Å². The lowest BCUT2D eigenvalue weighted by Gasteiger charge is -2.10. The average Bonchev–Trinajstić information content (AvgIpc) is 3.26. The predicted octanol–water partition coefficient (Wildman–Crippen LogP) is 4.18. The Balaban J connectivity index is 1.74. The van der Waals surface area contributed by atoms with E-state index in [9.17, 15) is 4.79 Å². The van der Waals surface area contributed by atoms with E-state index in [4.69, 9.17) is 0 Å². The molecule has 2 aromatic heterocycles. The second-order valence-corrected chi connectivity index (χ2v) is 7.71. The lowest BCUT2D eigenvalue weighted by molar-refractivity contribution is 0.218. The molecule has 4 rings (SSSR count). The van der Waals surface area contributed by atoms with Gasteiger partial charge in [-0.2, -0.15) is 4.99 Å². The monoisotopic (exact) mass is 343 g/mol. The highest BCUT2D eigenvalue weighted by Crippen LogP contribution is 2.28. The summed E-state index contributed by atoms with van der Waals surface area (Å²) in [4.78, 5) is 19.2. The highest BCUT2D eigenvalue weighted by Gasteiger charge is 2.17. The second-order valence-electron chi connectivity index (χ2n) is 5.77. The van der Waals surface area contributed by atoms with Gasteiger partial charge in [0.05, 0.1) is 0 Å². The Morgan fingerprint density at radius 3 is 2.87 bits per heavy atom. The normalized spacial score (nSPS) is 15.7. The maximum absolute atomic E-state index is 12.3. The number of hydrogen-bond acceptors (Lipinski definition) is 3. The minimum absolute atomic E-state index is 0.115. The summed E-state index contributed by atoms with van der Waals surface area (Å²) in [5.41, 5.74) is 1.26. The van der Waals surface area contributed by atoms with Crippen molar-refractivity contribution in [3.05, 3.63) is 46.2 Å². The topological polar surface area (TPSA) is 37.6 Å². The van der Waals surface area contributed by atoms with Crippen molar-refractivity contribution in [2.45, 2.75) is 19.8 Å². The molecule has 1 fully saturated rings. The zero-order valence-electron chi connectivity index (χ0n) is 12.9. The van der Waals surface area contributed by atoms with Crippen LogP contribution < -0.4 is 4.80 Å². The lowest BCUT2D eigenvalue weighted by Crippen LogP contribution is -2.27. The molecule has 3 heterocycles. The Hall–Kier alpha value is -1.92. The van der Waals surface area contributed by atoms with E-state index in [0.717, 1.165) is 35.7 Å². The van der Waals surface area contributed by atoms with Gasteiger partial charge in [0.2, 0.25) is 0 Å². The molecule has 0 radical (unpaired) electrons. The van der Waals surface area contributed by atoms with Crippen LogP contribution in [0.25, 0.3) is 15.1 Å². The fraction of sp³-hybridized carbons (Fsp3) is 0.294. The molecule has 0 bridgehead atoms. The number of aromatic nitrogens is 1. The second kappa shape index (κ2) is 5.94. The highest BCUT2D eigenvalue weighted by molar-refractivity contribution is 7.21. The van der Waals surface area contributed by atoms with Gasteiger partial charge in [-0.3, -0.25) is 4.57 Å². The fourth-order valence-electron chi connectivity index (χ4n) is 2.85. The SMILES string of the molecule is Cc1ccc2sc(-n3ccs/c3=N\C(=O)N3CCCC3)cc2c1. The summed E-state index contributed by atoms with van der Waals surface area (Å²) in [6.07, 6.45) is 4.15. The molecule has 0 aliphatic carbocycles. The number of benzene rings is 1. The minimum atomic E-state index is -0.115. The first-order valence-corrected chi connectivity index (χ1v) is 9.41. The molecule has 1 aliphatic heterocycles. The van der Waals surface area contributed by atoms with Crippen molar-refractivity contribution in [3.63, 3.8) is 0 Å². The van der Waals surface area contributed by atoms with Gasteiger partial charge >= 0.3 is 6.03 Å². The number of rotatable bonds is 1. The van der Waals surface area contributed by atoms with Gasteiger partial charge in [0.15, 0.2) is 4.80 Å². The van der Waals surface area contributed by atoms with Crippen LogP contribution in [0.1, 0.15) is 18.4 Å². The third-order valence-electron chi connectivity index (χ3n) is 4.05. The van der Waals surface area contributed by atoms with Crippen LogP contribution in [0.5, 0.6) is 0 Å². The number of aryl methyl sites for hydroxylation is 1. The fourth-order valence-corrected chi connectivity index (χ4v) is 4.64. The maximum atomic E-state index is 12.3. The summed E-state index contributed by atoms with van der Waals surface area (Å²) in [5.74, 6) is 0. The number of likely N-dealkylation sites (tertiary alicyclic amines) is 1. The molecule has 3 aromatic rings. The van der Waals surface area contributed by atoms with Crippen molar-refractivity contribution >= 4 is 38.8 Å². The summed E-state index contributed by atoms with van der Waals surface area (Å²) in [7, 11) is 0. The third-order valence-corrected chi connectivity index (χ3v) is 5.93. The molecule has 0 saturated carbocycles. The van der Waals surface area contributed by atoms with Crippen molar-refractivity contribution in [2.75, 3.05) is 13.1 Å². The van der Waals surface area contributed by atoms with Crippen LogP contribution in [0.4, 0.5) is 4.79 Å². The van der Waals surface area contributed by atoms with Gasteiger partial charge < -0.3 is 4.90 Å². The van der Waals surface area contributed by atoms with E-state index in [1.54, 1.807) is 11.3 Å². The zero-order chi connectivity index (χ0) is 15.8. The van der Waals surface area contributed by atoms with E-state index < -0.39 is 0 Å². The van der Waals surface area contributed by atoms with Crippen molar-refractivity contribution < 1.29 is 4.79 Å². The molecule has 0 spiro atoms. The summed E-state index contributed by atoms with van der Waals surface area (Å²) in [6.45, 7) is 3.76. The highest BCUT2D eigenvalue weighted by atomic mass is 32.1. The van der Waals surface area contributed by atoms with E-state index in [1.807, 2.05) is 21.0 Å². The van der Waals surface area contributed by atoms with Crippen LogP contribution in [-0.4, -0.2) is 28.6 Å².